The number of carbonyl (C=O) groups excluding carboxylic acids is 1. The van der Waals surface area contributed by atoms with Crippen LogP contribution in [0.25, 0.3) is 0 Å². The molecule has 0 spiro atoms. The Morgan fingerprint density at radius 2 is 1.79 bits per heavy atom. The molecule has 0 radical (unpaired) electrons. The van der Waals surface area contributed by atoms with Gasteiger partial charge in [-0.1, -0.05) is 41.4 Å². The zero-order valence-corrected chi connectivity index (χ0v) is 18.8. The second-order valence-electron chi connectivity index (χ2n) is 6.21. The van der Waals surface area contributed by atoms with Gasteiger partial charge in [0.2, 0.25) is 15.9 Å². The molecule has 5 nitrogen and oxygen atoms in total. The Morgan fingerprint density at radius 3 is 2.39 bits per heavy atom. The average Bonchev–Trinajstić information content (AvgIpc) is 2.60. The van der Waals surface area contributed by atoms with Crippen molar-refractivity contribution in [1.29, 1.82) is 0 Å². The second kappa shape index (κ2) is 10.4. The second-order valence-corrected chi connectivity index (χ2v) is 10.0. The number of rotatable bonds is 9. The van der Waals surface area contributed by atoms with Crippen LogP contribution in [0.1, 0.15) is 11.1 Å². The molecule has 28 heavy (non-hydrogen) atoms. The number of thioether (sulfide) groups is 1. The largest absolute Gasteiger partial charge is 0.354 e. The molecule has 0 saturated heterocycles. The van der Waals surface area contributed by atoms with Crippen molar-refractivity contribution in [3.05, 3.63) is 63.6 Å². The molecule has 0 aromatic heterocycles. The van der Waals surface area contributed by atoms with Crippen LogP contribution >= 0.6 is 35.0 Å². The number of hydrogen-bond donors (Lipinski definition) is 1. The highest BCUT2D eigenvalue weighted by molar-refractivity contribution is 7.98. The van der Waals surface area contributed by atoms with Gasteiger partial charge in [-0.25, -0.2) is 8.42 Å². The summed E-state index contributed by atoms with van der Waals surface area (Å²) in [6.45, 7) is 2.02. The van der Waals surface area contributed by atoms with Crippen LogP contribution in [0.4, 0.5) is 5.69 Å². The van der Waals surface area contributed by atoms with Gasteiger partial charge in [0.25, 0.3) is 0 Å². The van der Waals surface area contributed by atoms with E-state index in [0.29, 0.717) is 33.8 Å². The van der Waals surface area contributed by atoms with Crippen molar-refractivity contribution in [3.63, 3.8) is 0 Å². The molecule has 1 amide bonds. The first-order valence-electron chi connectivity index (χ1n) is 8.50. The molecule has 0 heterocycles. The average molecular weight is 461 g/mol. The number of anilines is 1. The lowest BCUT2D eigenvalue weighted by atomic mass is 10.2. The highest BCUT2D eigenvalue weighted by atomic mass is 35.5. The lowest BCUT2D eigenvalue weighted by Gasteiger charge is -2.22. The monoisotopic (exact) mass is 460 g/mol. The lowest BCUT2D eigenvalue weighted by molar-refractivity contribution is -0.119. The molecule has 0 unspecified atom stereocenters. The molecule has 2 aromatic rings. The number of nitrogens with one attached hydrogen (secondary N) is 1. The van der Waals surface area contributed by atoms with Crippen LogP contribution in [-0.4, -0.2) is 39.4 Å². The summed E-state index contributed by atoms with van der Waals surface area (Å²) in [4.78, 5) is 12.2. The van der Waals surface area contributed by atoms with Crippen LogP contribution in [0.2, 0.25) is 10.0 Å². The fourth-order valence-electron chi connectivity index (χ4n) is 2.48. The molecule has 0 atom stereocenters. The number of halogens is 2. The van der Waals surface area contributed by atoms with Gasteiger partial charge in [0, 0.05) is 28.1 Å². The van der Waals surface area contributed by atoms with Crippen molar-refractivity contribution in [3.8, 4) is 0 Å². The third-order valence-electron chi connectivity index (χ3n) is 3.85. The van der Waals surface area contributed by atoms with E-state index in [1.165, 1.54) is 0 Å². The molecular formula is C19H22Cl2N2O3S2. The number of amides is 1. The van der Waals surface area contributed by atoms with E-state index in [2.05, 4.69) is 5.32 Å². The van der Waals surface area contributed by atoms with Gasteiger partial charge in [0.05, 0.1) is 11.9 Å². The van der Waals surface area contributed by atoms with E-state index in [1.54, 1.807) is 48.2 Å². The highest BCUT2D eigenvalue weighted by Crippen LogP contribution is 2.28. The molecule has 0 aliphatic heterocycles. The fourth-order valence-corrected chi connectivity index (χ4v) is 4.92. The summed E-state index contributed by atoms with van der Waals surface area (Å²) in [5.41, 5.74) is 2.26. The first kappa shape index (κ1) is 22.9. The minimum Gasteiger partial charge on any atom is -0.354 e. The molecule has 2 aromatic carbocycles. The fraction of sp³-hybridized carbons (Fsp3) is 0.316. The smallest absolute Gasteiger partial charge is 0.240 e. The van der Waals surface area contributed by atoms with Gasteiger partial charge in [-0.05, 0) is 42.3 Å². The number of carbonyl (C=O) groups is 1. The third kappa shape index (κ3) is 6.88. The Morgan fingerprint density at radius 1 is 1.14 bits per heavy atom. The van der Waals surface area contributed by atoms with Crippen molar-refractivity contribution in [2.45, 2.75) is 12.7 Å². The summed E-state index contributed by atoms with van der Waals surface area (Å²) in [6.07, 6.45) is 1.09. The van der Waals surface area contributed by atoms with Gasteiger partial charge in [-0.15, -0.1) is 0 Å². The van der Waals surface area contributed by atoms with Gasteiger partial charge in [-0.3, -0.25) is 9.10 Å². The summed E-state index contributed by atoms with van der Waals surface area (Å²) in [5, 5.41) is 3.99. The van der Waals surface area contributed by atoms with E-state index < -0.39 is 10.0 Å². The lowest BCUT2D eigenvalue weighted by Crippen LogP contribution is -2.41. The van der Waals surface area contributed by atoms with Gasteiger partial charge >= 0.3 is 0 Å². The van der Waals surface area contributed by atoms with Gasteiger partial charge in [0.1, 0.15) is 6.54 Å². The number of nitrogens with zero attached hydrogens (tertiary/aromatic N) is 1. The number of hydrogen-bond acceptors (Lipinski definition) is 4. The first-order chi connectivity index (χ1) is 13.2. The van der Waals surface area contributed by atoms with E-state index in [9.17, 15) is 13.2 Å². The normalized spacial score (nSPS) is 11.3. The zero-order chi connectivity index (χ0) is 20.7. The molecule has 0 aliphatic rings. The summed E-state index contributed by atoms with van der Waals surface area (Å²) >= 11 is 13.8. The van der Waals surface area contributed by atoms with Crippen LogP contribution in [0, 0.1) is 6.92 Å². The molecule has 2 rings (SSSR count). The van der Waals surface area contributed by atoms with E-state index in [1.807, 2.05) is 13.0 Å². The van der Waals surface area contributed by atoms with Crippen LogP contribution in [0.3, 0.4) is 0 Å². The third-order valence-corrected chi connectivity index (χ3v) is 6.69. The Bertz CT molecular complexity index is 916. The molecule has 0 aliphatic carbocycles. The van der Waals surface area contributed by atoms with Crippen LogP contribution in [0.15, 0.2) is 42.5 Å². The van der Waals surface area contributed by atoms with Gasteiger partial charge in [-0.2, -0.15) is 11.8 Å². The van der Waals surface area contributed by atoms with E-state index in [0.717, 1.165) is 21.7 Å². The first-order valence-corrected chi connectivity index (χ1v) is 12.3. The van der Waals surface area contributed by atoms with Crippen molar-refractivity contribution in [2.75, 3.05) is 29.4 Å². The molecule has 9 heteroatoms. The summed E-state index contributed by atoms with van der Waals surface area (Å²) < 4.78 is 25.3. The maximum absolute atomic E-state index is 12.2. The Kier molecular flexibility index (Phi) is 8.49. The van der Waals surface area contributed by atoms with Gasteiger partial charge in [0.15, 0.2) is 0 Å². The van der Waals surface area contributed by atoms with Gasteiger partial charge < -0.3 is 5.32 Å². The van der Waals surface area contributed by atoms with Crippen molar-refractivity contribution < 1.29 is 13.2 Å². The van der Waals surface area contributed by atoms with Crippen LogP contribution in [-0.2, 0) is 20.6 Å². The Balaban J connectivity index is 1.85. The summed E-state index contributed by atoms with van der Waals surface area (Å²) in [7, 11) is -3.57. The van der Waals surface area contributed by atoms with Crippen LogP contribution < -0.4 is 9.62 Å². The number of sulfonamides is 1. The molecule has 0 saturated carbocycles. The van der Waals surface area contributed by atoms with E-state index >= 15 is 0 Å². The Labute approximate surface area is 180 Å². The molecular weight excluding hydrogens is 439 g/mol. The highest BCUT2D eigenvalue weighted by Gasteiger charge is 2.20. The predicted molar refractivity (Wildman–Crippen MR) is 119 cm³/mol. The summed E-state index contributed by atoms with van der Waals surface area (Å²) in [5.74, 6) is 0.923. The van der Waals surface area contributed by atoms with Crippen molar-refractivity contribution in [1.82, 2.24) is 5.32 Å². The van der Waals surface area contributed by atoms with E-state index in [4.69, 9.17) is 23.2 Å². The minimum absolute atomic E-state index is 0.261. The standard InChI is InChI=1S/C19H22Cl2N2O3S2/c1-14-5-3-6-15(11-14)23(28(2,25)26)12-19(24)22-9-10-27-13-16-17(20)7-4-8-18(16)21/h3-8,11H,9-10,12-13H2,1-2H3,(H,22,24). The summed E-state index contributed by atoms with van der Waals surface area (Å²) in [6, 6.07) is 12.4. The zero-order valence-electron chi connectivity index (χ0n) is 15.6. The number of benzene rings is 2. The SMILES string of the molecule is Cc1cccc(N(CC(=O)NCCSCc2c(Cl)cccc2Cl)S(C)(=O)=O)c1. The quantitative estimate of drug-likeness (QED) is 0.571. The molecule has 152 valence electrons. The maximum atomic E-state index is 12.2. The van der Waals surface area contributed by atoms with Crippen molar-refractivity contribution in [2.24, 2.45) is 0 Å². The van der Waals surface area contributed by atoms with Crippen molar-refractivity contribution >= 4 is 56.6 Å². The minimum atomic E-state index is -3.57. The molecule has 0 fully saturated rings. The van der Waals surface area contributed by atoms with Crippen LogP contribution in [0.5, 0.6) is 0 Å². The molecule has 0 bridgehead atoms. The molecule has 1 N–H and O–H groups in total. The van der Waals surface area contributed by atoms with E-state index in [-0.39, 0.29) is 12.5 Å². The number of aryl methyl sites for hydroxylation is 1. The Hall–Kier alpha value is -1.41. The topological polar surface area (TPSA) is 66.5 Å². The predicted octanol–water partition coefficient (Wildman–Crippen LogP) is 4.12. The maximum Gasteiger partial charge on any atom is 0.240 e.